The summed E-state index contributed by atoms with van der Waals surface area (Å²) in [6.07, 6.45) is 0. The van der Waals surface area contributed by atoms with Crippen LogP contribution >= 0.6 is 0 Å². The summed E-state index contributed by atoms with van der Waals surface area (Å²) in [6.45, 7) is 6.20. The molecular weight excluding hydrogens is 224 g/mol. The van der Waals surface area contributed by atoms with Gasteiger partial charge in [0.15, 0.2) is 5.21 Å². The Morgan fingerprint density at radius 1 is 1.12 bits per heavy atom. The first-order chi connectivity index (χ1) is 7.09. The summed E-state index contributed by atoms with van der Waals surface area (Å²) in [5.41, 5.74) is 3.62. The topological polar surface area (TPSA) is 34.6 Å². The number of tetrazole rings is 1. The SMILES string of the molecule is Cc1ccc(-n2nn[n+](C)c2C)cc1C.[Cl-]. The van der Waals surface area contributed by atoms with Gasteiger partial charge in [0.1, 0.15) is 10.9 Å². The molecule has 0 unspecified atom stereocenters. The maximum absolute atomic E-state index is 4.09. The highest BCUT2D eigenvalue weighted by molar-refractivity contribution is 5.38. The second-order valence-electron chi connectivity index (χ2n) is 3.83. The second-order valence-corrected chi connectivity index (χ2v) is 3.83. The van der Waals surface area contributed by atoms with Crippen LogP contribution in [0.25, 0.3) is 5.69 Å². The van der Waals surface area contributed by atoms with Gasteiger partial charge in [-0.3, -0.25) is 0 Å². The van der Waals surface area contributed by atoms with E-state index in [1.165, 1.54) is 11.1 Å². The second kappa shape index (κ2) is 4.61. The van der Waals surface area contributed by atoms with Crippen molar-refractivity contribution in [1.82, 2.24) is 15.1 Å². The quantitative estimate of drug-likeness (QED) is 0.540. The summed E-state index contributed by atoms with van der Waals surface area (Å²) in [5, 5.41) is 8.06. The van der Waals surface area contributed by atoms with Crippen LogP contribution in [0.3, 0.4) is 0 Å². The number of aryl methyl sites for hydroxylation is 3. The van der Waals surface area contributed by atoms with Gasteiger partial charge in [0.05, 0.1) is 7.05 Å². The van der Waals surface area contributed by atoms with Crippen molar-refractivity contribution in [2.24, 2.45) is 7.05 Å². The molecule has 1 heterocycles. The van der Waals surface area contributed by atoms with E-state index in [4.69, 9.17) is 0 Å². The number of benzene rings is 1. The number of rotatable bonds is 1. The molecule has 2 aromatic rings. The normalized spacial score (nSPS) is 10.0. The Labute approximate surface area is 101 Å². The smallest absolute Gasteiger partial charge is 0.259 e. The molecule has 1 aromatic carbocycles. The van der Waals surface area contributed by atoms with Crippen LogP contribution in [-0.4, -0.2) is 15.1 Å². The zero-order chi connectivity index (χ0) is 11.0. The lowest BCUT2D eigenvalue weighted by Gasteiger charge is -2.00. The van der Waals surface area contributed by atoms with E-state index in [9.17, 15) is 0 Å². The number of hydrogen-bond donors (Lipinski definition) is 0. The number of aromatic nitrogens is 4. The van der Waals surface area contributed by atoms with Gasteiger partial charge in [-0.05, 0) is 37.1 Å². The standard InChI is InChI=1S/C11H15N4.ClH/c1-8-5-6-11(7-9(8)2)15-10(3)14(4)12-13-15;/h5-7H,1-4H3;1H/q+1;/p-1. The van der Waals surface area contributed by atoms with Crippen LogP contribution in [0.2, 0.25) is 0 Å². The minimum atomic E-state index is 0. The van der Waals surface area contributed by atoms with Crippen LogP contribution < -0.4 is 17.1 Å². The zero-order valence-corrected chi connectivity index (χ0v) is 10.7. The lowest BCUT2D eigenvalue weighted by atomic mass is 10.1. The van der Waals surface area contributed by atoms with Crippen molar-refractivity contribution >= 4 is 0 Å². The van der Waals surface area contributed by atoms with Gasteiger partial charge in [0.2, 0.25) is 0 Å². The predicted octanol–water partition coefficient (Wildman–Crippen LogP) is -1.98. The molecule has 0 aliphatic carbocycles. The van der Waals surface area contributed by atoms with Gasteiger partial charge in [-0.2, -0.15) is 0 Å². The van der Waals surface area contributed by atoms with E-state index in [-0.39, 0.29) is 12.4 Å². The molecule has 0 saturated carbocycles. The fourth-order valence-corrected chi connectivity index (χ4v) is 1.46. The van der Waals surface area contributed by atoms with E-state index >= 15 is 0 Å². The minimum absolute atomic E-state index is 0. The first-order valence-electron chi connectivity index (χ1n) is 4.96. The van der Waals surface area contributed by atoms with Crippen LogP contribution in [0.15, 0.2) is 18.2 Å². The van der Waals surface area contributed by atoms with Gasteiger partial charge in [-0.1, -0.05) is 10.7 Å². The summed E-state index contributed by atoms with van der Waals surface area (Å²) < 4.78 is 3.60. The first kappa shape index (κ1) is 12.6. The Bertz CT molecular complexity index is 505. The molecule has 0 fully saturated rings. The third-order valence-electron chi connectivity index (χ3n) is 2.77. The molecule has 2 rings (SSSR count). The van der Waals surface area contributed by atoms with Gasteiger partial charge in [0, 0.05) is 6.92 Å². The summed E-state index contributed by atoms with van der Waals surface area (Å²) in [7, 11) is 1.89. The van der Waals surface area contributed by atoms with Gasteiger partial charge in [0.25, 0.3) is 5.82 Å². The first-order valence-corrected chi connectivity index (χ1v) is 4.96. The van der Waals surface area contributed by atoms with Gasteiger partial charge >= 0.3 is 0 Å². The van der Waals surface area contributed by atoms with Gasteiger partial charge in [-0.25, -0.2) is 0 Å². The lowest BCUT2D eigenvalue weighted by molar-refractivity contribution is -0.737. The summed E-state index contributed by atoms with van der Waals surface area (Å²) in [4.78, 5) is 0. The maximum Gasteiger partial charge on any atom is 0.259 e. The van der Waals surface area contributed by atoms with E-state index < -0.39 is 0 Å². The van der Waals surface area contributed by atoms with Crippen molar-refractivity contribution in [3.8, 4) is 5.69 Å². The van der Waals surface area contributed by atoms with Gasteiger partial charge < -0.3 is 12.4 Å². The average molecular weight is 239 g/mol. The molecule has 0 amide bonds. The monoisotopic (exact) mass is 238 g/mol. The van der Waals surface area contributed by atoms with E-state index in [0.717, 1.165) is 11.5 Å². The Hall–Kier alpha value is -1.42. The molecule has 0 atom stereocenters. The molecule has 1 aromatic heterocycles. The van der Waals surface area contributed by atoms with E-state index in [1.54, 1.807) is 4.68 Å². The molecule has 0 spiro atoms. The summed E-state index contributed by atoms with van der Waals surface area (Å²) in [6, 6.07) is 6.28. The number of nitrogens with zero attached hydrogens (tertiary/aromatic N) is 4. The molecule has 0 bridgehead atoms. The third-order valence-corrected chi connectivity index (χ3v) is 2.77. The van der Waals surface area contributed by atoms with Crippen LogP contribution in [0.1, 0.15) is 17.0 Å². The van der Waals surface area contributed by atoms with E-state index in [0.29, 0.717) is 0 Å². The molecular formula is C11H15ClN4. The highest BCUT2D eigenvalue weighted by Gasteiger charge is 2.15. The van der Waals surface area contributed by atoms with Crippen molar-refractivity contribution in [3.63, 3.8) is 0 Å². The van der Waals surface area contributed by atoms with Crippen LogP contribution in [-0.2, 0) is 7.05 Å². The van der Waals surface area contributed by atoms with Crippen molar-refractivity contribution in [2.75, 3.05) is 0 Å². The Morgan fingerprint density at radius 2 is 1.81 bits per heavy atom. The van der Waals surface area contributed by atoms with Crippen molar-refractivity contribution < 1.29 is 17.1 Å². The lowest BCUT2D eigenvalue weighted by Crippen LogP contribution is -3.00. The molecule has 0 aliphatic rings. The third kappa shape index (κ3) is 2.07. The molecule has 0 N–H and O–H groups in total. The summed E-state index contributed by atoms with van der Waals surface area (Å²) in [5.74, 6) is 1.01. The number of hydrogen-bond acceptors (Lipinski definition) is 2. The largest absolute Gasteiger partial charge is 1.00 e. The minimum Gasteiger partial charge on any atom is -1.00 e. The molecule has 0 saturated heterocycles. The average Bonchev–Trinajstić information content (AvgIpc) is 2.53. The molecule has 0 radical (unpaired) electrons. The fourth-order valence-electron chi connectivity index (χ4n) is 1.46. The van der Waals surface area contributed by atoms with Crippen molar-refractivity contribution in [1.29, 1.82) is 0 Å². The zero-order valence-electron chi connectivity index (χ0n) is 9.90. The molecule has 4 nitrogen and oxygen atoms in total. The Balaban J connectivity index is 0.00000128. The van der Waals surface area contributed by atoms with E-state index in [2.05, 4.69) is 42.5 Å². The molecule has 16 heavy (non-hydrogen) atoms. The molecule has 0 aliphatic heterocycles. The van der Waals surface area contributed by atoms with Crippen LogP contribution in [0.4, 0.5) is 0 Å². The van der Waals surface area contributed by atoms with Crippen molar-refractivity contribution in [3.05, 3.63) is 35.2 Å². The van der Waals surface area contributed by atoms with Crippen LogP contribution in [0, 0.1) is 20.8 Å². The van der Waals surface area contributed by atoms with Crippen LogP contribution in [0.5, 0.6) is 0 Å². The highest BCUT2D eigenvalue weighted by Crippen LogP contribution is 2.13. The highest BCUT2D eigenvalue weighted by atomic mass is 35.5. The number of halogens is 1. The summed E-state index contributed by atoms with van der Waals surface area (Å²) >= 11 is 0. The molecule has 5 heteroatoms. The Kier molecular flexibility index (Phi) is 3.65. The van der Waals surface area contributed by atoms with Crippen molar-refractivity contribution in [2.45, 2.75) is 20.8 Å². The predicted molar refractivity (Wildman–Crippen MR) is 56.7 cm³/mol. The van der Waals surface area contributed by atoms with E-state index in [1.807, 2.05) is 18.7 Å². The van der Waals surface area contributed by atoms with Gasteiger partial charge in [-0.15, -0.1) is 4.68 Å². The molecule has 86 valence electrons. The Morgan fingerprint density at radius 3 is 2.31 bits per heavy atom. The fraction of sp³-hybridized carbons (Fsp3) is 0.364. The maximum atomic E-state index is 4.09.